The minimum Gasteiger partial charge on any atom is -0.303 e. The summed E-state index contributed by atoms with van der Waals surface area (Å²) >= 11 is 0. The number of carbonyl (C=O) groups excluding carboxylic acids is 1. The van der Waals surface area contributed by atoms with Crippen LogP contribution in [0.4, 0.5) is 0 Å². The van der Waals surface area contributed by atoms with Crippen molar-refractivity contribution in [1.82, 2.24) is 4.90 Å². The number of hydrogen-bond donors (Lipinski definition) is 0. The van der Waals surface area contributed by atoms with Crippen molar-refractivity contribution < 1.29 is 4.79 Å². The van der Waals surface area contributed by atoms with Crippen molar-refractivity contribution in [2.24, 2.45) is 0 Å². The van der Waals surface area contributed by atoms with Crippen molar-refractivity contribution >= 4 is 6.29 Å². The topological polar surface area (TPSA) is 20.3 Å². The molecule has 0 fully saturated rings. The van der Waals surface area contributed by atoms with Crippen LogP contribution in [0.1, 0.15) is 52.4 Å². The molecule has 14 heavy (non-hydrogen) atoms. The van der Waals surface area contributed by atoms with Gasteiger partial charge in [-0.1, -0.05) is 20.3 Å². The summed E-state index contributed by atoms with van der Waals surface area (Å²) in [6.07, 6.45) is 7.76. The van der Waals surface area contributed by atoms with Gasteiger partial charge in [-0.15, -0.1) is 0 Å². The molecule has 0 radical (unpaired) electrons. The Morgan fingerprint density at radius 1 is 0.929 bits per heavy atom. The lowest BCUT2D eigenvalue weighted by Gasteiger charge is -2.20. The average molecular weight is 199 g/mol. The Labute approximate surface area is 88.7 Å². The number of aldehydes is 1. The number of unbranched alkanes of at least 4 members (excludes halogenated alkanes) is 3. The van der Waals surface area contributed by atoms with Crippen molar-refractivity contribution in [2.45, 2.75) is 52.4 Å². The third kappa shape index (κ3) is 8.24. The van der Waals surface area contributed by atoms with Gasteiger partial charge in [0.25, 0.3) is 0 Å². The lowest BCUT2D eigenvalue weighted by Crippen LogP contribution is -2.26. The van der Waals surface area contributed by atoms with Gasteiger partial charge in [-0.25, -0.2) is 0 Å². The molecule has 0 amide bonds. The molecule has 0 aliphatic rings. The second kappa shape index (κ2) is 10.7. The summed E-state index contributed by atoms with van der Waals surface area (Å²) in [4.78, 5) is 12.6. The first-order valence-corrected chi connectivity index (χ1v) is 6.01. The first kappa shape index (κ1) is 13.6. The van der Waals surface area contributed by atoms with Crippen molar-refractivity contribution in [2.75, 3.05) is 19.6 Å². The summed E-state index contributed by atoms with van der Waals surface area (Å²) in [6.45, 7) is 8.12. The van der Waals surface area contributed by atoms with Crippen LogP contribution in [-0.4, -0.2) is 30.8 Å². The smallest absolute Gasteiger partial charge is 0.119 e. The van der Waals surface area contributed by atoms with Crippen LogP contribution in [0.2, 0.25) is 0 Å². The summed E-state index contributed by atoms with van der Waals surface area (Å²) in [5.74, 6) is 0. The monoisotopic (exact) mass is 199 g/mol. The molecule has 0 aromatic heterocycles. The average Bonchev–Trinajstić information content (AvgIpc) is 2.18. The SMILES string of the molecule is CCCN(CCC)CCCCCC=O. The number of rotatable bonds is 10. The molecule has 0 atom stereocenters. The van der Waals surface area contributed by atoms with Crippen molar-refractivity contribution in [3.05, 3.63) is 0 Å². The fourth-order valence-electron chi connectivity index (χ4n) is 1.71. The van der Waals surface area contributed by atoms with Crippen LogP contribution in [0.3, 0.4) is 0 Å². The molecular formula is C12H25NO. The van der Waals surface area contributed by atoms with Crippen molar-refractivity contribution in [1.29, 1.82) is 0 Å². The van der Waals surface area contributed by atoms with Crippen LogP contribution in [0.15, 0.2) is 0 Å². The zero-order chi connectivity index (χ0) is 10.6. The number of nitrogens with zero attached hydrogens (tertiary/aromatic N) is 1. The lowest BCUT2D eigenvalue weighted by atomic mass is 10.2. The zero-order valence-electron chi connectivity index (χ0n) is 9.80. The fourth-order valence-corrected chi connectivity index (χ4v) is 1.71. The van der Waals surface area contributed by atoms with Crippen molar-refractivity contribution in [3.63, 3.8) is 0 Å². The van der Waals surface area contributed by atoms with Gasteiger partial charge in [0.15, 0.2) is 0 Å². The third-order valence-electron chi connectivity index (χ3n) is 2.38. The van der Waals surface area contributed by atoms with Crippen LogP contribution < -0.4 is 0 Å². The maximum absolute atomic E-state index is 10.1. The molecule has 0 spiro atoms. The predicted molar refractivity (Wildman–Crippen MR) is 61.6 cm³/mol. The molecule has 0 aliphatic carbocycles. The van der Waals surface area contributed by atoms with Gasteiger partial charge in [-0.3, -0.25) is 0 Å². The molecule has 84 valence electrons. The summed E-state index contributed by atoms with van der Waals surface area (Å²) in [6, 6.07) is 0. The Balaban J connectivity index is 3.34. The van der Waals surface area contributed by atoms with E-state index in [1.54, 1.807) is 0 Å². The van der Waals surface area contributed by atoms with E-state index in [1.807, 2.05) is 0 Å². The zero-order valence-corrected chi connectivity index (χ0v) is 9.80. The number of carbonyl (C=O) groups is 1. The lowest BCUT2D eigenvalue weighted by molar-refractivity contribution is -0.107. The van der Waals surface area contributed by atoms with Gasteiger partial charge >= 0.3 is 0 Å². The van der Waals surface area contributed by atoms with Gasteiger partial charge in [0.05, 0.1) is 0 Å². The molecule has 0 N–H and O–H groups in total. The van der Waals surface area contributed by atoms with E-state index >= 15 is 0 Å². The summed E-state index contributed by atoms with van der Waals surface area (Å²) in [5, 5.41) is 0. The Kier molecular flexibility index (Phi) is 10.4. The predicted octanol–water partition coefficient (Wildman–Crippen LogP) is 2.87. The Hall–Kier alpha value is -0.370. The maximum Gasteiger partial charge on any atom is 0.119 e. The molecule has 2 nitrogen and oxygen atoms in total. The molecule has 0 aromatic rings. The molecule has 0 bridgehead atoms. The highest BCUT2D eigenvalue weighted by molar-refractivity contribution is 5.48. The van der Waals surface area contributed by atoms with Crippen LogP contribution in [0.5, 0.6) is 0 Å². The minimum atomic E-state index is 0.738. The molecule has 0 saturated carbocycles. The quantitative estimate of drug-likeness (QED) is 0.398. The normalized spacial score (nSPS) is 10.8. The van der Waals surface area contributed by atoms with E-state index in [1.165, 1.54) is 45.3 Å². The maximum atomic E-state index is 10.1. The standard InChI is InChI=1S/C12H25NO/c1-3-9-13(10-4-2)11-7-5-6-8-12-14/h12H,3-11H2,1-2H3. The van der Waals surface area contributed by atoms with Crippen LogP contribution in [-0.2, 0) is 4.79 Å². The molecule has 0 unspecified atom stereocenters. The summed E-state index contributed by atoms with van der Waals surface area (Å²) in [5.41, 5.74) is 0. The van der Waals surface area contributed by atoms with Crippen LogP contribution >= 0.6 is 0 Å². The van der Waals surface area contributed by atoms with Gasteiger partial charge in [0.1, 0.15) is 6.29 Å². The largest absolute Gasteiger partial charge is 0.303 e. The molecular weight excluding hydrogens is 174 g/mol. The minimum absolute atomic E-state index is 0.738. The van der Waals surface area contributed by atoms with E-state index in [0.717, 1.165) is 19.1 Å². The molecule has 0 rings (SSSR count). The Morgan fingerprint density at radius 3 is 2.07 bits per heavy atom. The summed E-state index contributed by atoms with van der Waals surface area (Å²) < 4.78 is 0. The van der Waals surface area contributed by atoms with E-state index in [4.69, 9.17) is 0 Å². The van der Waals surface area contributed by atoms with Gasteiger partial charge in [-0.05, 0) is 45.3 Å². The van der Waals surface area contributed by atoms with E-state index in [9.17, 15) is 4.79 Å². The van der Waals surface area contributed by atoms with E-state index in [0.29, 0.717) is 0 Å². The molecule has 0 heterocycles. The van der Waals surface area contributed by atoms with Gasteiger partial charge in [0.2, 0.25) is 0 Å². The first-order valence-electron chi connectivity index (χ1n) is 6.01. The molecule has 0 aromatic carbocycles. The Morgan fingerprint density at radius 2 is 1.57 bits per heavy atom. The molecule has 0 saturated heterocycles. The highest BCUT2D eigenvalue weighted by Gasteiger charge is 2.01. The second-order valence-corrected chi connectivity index (χ2v) is 3.86. The van der Waals surface area contributed by atoms with Gasteiger partial charge < -0.3 is 9.69 Å². The van der Waals surface area contributed by atoms with E-state index < -0.39 is 0 Å². The van der Waals surface area contributed by atoms with E-state index in [2.05, 4.69) is 18.7 Å². The van der Waals surface area contributed by atoms with Gasteiger partial charge in [0, 0.05) is 6.42 Å². The van der Waals surface area contributed by atoms with Gasteiger partial charge in [-0.2, -0.15) is 0 Å². The van der Waals surface area contributed by atoms with Crippen LogP contribution in [0.25, 0.3) is 0 Å². The fraction of sp³-hybridized carbons (Fsp3) is 0.917. The van der Waals surface area contributed by atoms with Crippen LogP contribution in [0, 0.1) is 0 Å². The molecule has 2 heteroatoms. The highest BCUT2D eigenvalue weighted by atomic mass is 16.1. The van der Waals surface area contributed by atoms with Crippen molar-refractivity contribution in [3.8, 4) is 0 Å². The van der Waals surface area contributed by atoms with E-state index in [-0.39, 0.29) is 0 Å². The second-order valence-electron chi connectivity index (χ2n) is 3.86. The summed E-state index contributed by atoms with van der Waals surface area (Å²) in [7, 11) is 0. The first-order chi connectivity index (χ1) is 6.85. The molecule has 0 aliphatic heterocycles. The Bertz CT molecular complexity index is 119. The third-order valence-corrected chi connectivity index (χ3v) is 2.38. The number of hydrogen-bond acceptors (Lipinski definition) is 2. The highest BCUT2D eigenvalue weighted by Crippen LogP contribution is 2.02.